The van der Waals surface area contributed by atoms with Crippen LogP contribution < -0.4 is 4.90 Å². The van der Waals surface area contributed by atoms with Crippen molar-refractivity contribution in [3.05, 3.63) is 11.3 Å². The maximum atomic E-state index is 10.9. The molecule has 0 bridgehead atoms. The SMILES string of the molecule is CN(C)c1onc2c1CC(C(=O)O)CC2. The molecule has 0 saturated heterocycles. The van der Waals surface area contributed by atoms with Gasteiger partial charge in [0.1, 0.15) is 0 Å². The lowest BCUT2D eigenvalue weighted by Gasteiger charge is -2.18. The third kappa shape index (κ3) is 1.69. The molecule has 0 spiro atoms. The highest BCUT2D eigenvalue weighted by atomic mass is 16.5. The number of carboxylic acids is 1. The van der Waals surface area contributed by atoms with Gasteiger partial charge in [0, 0.05) is 19.7 Å². The van der Waals surface area contributed by atoms with Crippen LogP contribution in [0.4, 0.5) is 5.88 Å². The first-order valence-electron chi connectivity index (χ1n) is 4.97. The highest BCUT2D eigenvalue weighted by Crippen LogP contribution is 2.31. The molecule has 0 aromatic carbocycles. The minimum Gasteiger partial charge on any atom is -0.481 e. The largest absolute Gasteiger partial charge is 0.481 e. The first-order chi connectivity index (χ1) is 7.09. The molecule has 5 nitrogen and oxygen atoms in total. The number of hydrogen-bond donors (Lipinski definition) is 1. The molecule has 1 N–H and O–H groups in total. The zero-order valence-electron chi connectivity index (χ0n) is 8.86. The van der Waals surface area contributed by atoms with Crippen LogP contribution in [0.25, 0.3) is 0 Å². The molecular weight excluding hydrogens is 196 g/mol. The number of aromatic nitrogens is 1. The summed E-state index contributed by atoms with van der Waals surface area (Å²) < 4.78 is 5.19. The van der Waals surface area contributed by atoms with E-state index in [1.165, 1.54) is 0 Å². The summed E-state index contributed by atoms with van der Waals surface area (Å²) in [7, 11) is 3.73. The van der Waals surface area contributed by atoms with Gasteiger partial charge in [-0.15, -0.1) is 0 Å². The van der Waals surface area contributed by atoms with E-state index >= 15 is 0 Å². The van der Waals surface area contributed by atoms with Crippen LogP contribution in [-0.4, -0.2) is 30.3 Å². The van der Waals surface area contributed by atoms with E-state index in [1.54, 1.807) is 0 Å². The topological polar surface area (TPSA) is 66.6 Å². The van der Waals surface area contributed by atoms with Gasteiger partial charge in [-0.25, -0.2) is 0 Å². The van der Waals surface area contributed by atoms with Crippen LogP contribution in [0.2, 0.25) is 0 Å². The summed E-state index contributed by atoms with van der Waals surface area (Å²) in [5.41, 5.74) is 1.87. The number of aliphatic carboxylic acids is 1. The van der Waals surface area contributed by atoms with Gasteiger partial charge in [0.05, 0.1) is 11.6 Å². The molecule has 1 aliphatic carbocycles. The Morgan fingerprint density at radius 2 is 2.33 bits per heavy atom. The second kappa shape index (κ2) is 3.56. The molecule has 1 aliphatic rings. The molecule has 5 heteroatoms. The fourth-order valence-electron chi connectivity index (χ4n) is 1.96. The van der Waals surface area contributed by atoms with Gasteiger partial charge in [-0.1, -0.05) is 5.16 Å². The molecule has 1 unspecified atom stereocenters. The van der Waals surface area contributed by atoms with Crippen molar-refractivity contribution in [3.8, 4) is 0 Å². The molecule has 0 fully saturated rings. The lowest BCUT2D eigenvalue weighted by Crippen LogP contribution is -2.23. The summed E-state index contributed by atoms with van der Waals surface area (Å²) in [5, 5.41) is 12.9. The van der Waals surface area contributed by atoms with E-state index in [-0.39, 0.29) is 5.92 Å². The van der Waals surface area contributed by atoms with E-state index < -0.39 is 5.97 Å². The molecule has 2 rings (SSSR count). The zero-order valence-corrected chi connectivity index (χ0v) is 8.86. The van der Waals surface area contributed by atoms with E-state index in [4.69, 9.17) is 9.63 Å². The monoisotopic (exact) mass is 210 g/mol. The molecule has 1 heterocycles. The Hall–Kier alpha value is -1.52. The normalized spacial score (nSPS) is 19.7. The smallest absolute Gasteiger partial charge is 0.306 e. The molecule has 15 heavy (non-hydrogen) atoms. The Kier molecular flexibility index (Phi) is 2.38. The number of carbonyl (C=O) groups is 1. The molecule has 1 aromatic rings. The zero-order chi connectivity index (χ0) is 11.0. The maximum Gasteiger partial charge on any atom is 0.306 e. The van der Waals surface area contributed by atoms with Gasteiger partial charge in [0.15, 0.2) is 0 Å². The average molecular weight is 210 g/mol. The van der Waals surface area contributed by atoms with Gasteiger partial charge in [0.2, 0.25) is 5.88 Å². The number of carboxylic acid groups (broad SMARTS) is 1. The lowest BCUT2D eigenvalue weighted by atomic mass is 9.87. The van der Waals surface area contributed by atoms with Crippen LogP contribution in [0, 0.1) is 5.92 Å². The van der Waals surface area contributed by atoms with Crippen molar-refractivity contribution in [2.75, 3.05) is 19.0 Å². The standard InChI is InChI=1S/C10H14N2O3/c1-12(2)9-7-5-6(10(13)14)3-4-8(7)11-15-9/h6H,3-5H2,1-2H3,(H,13,14). The van der Waals surface area contributed by atoms with E-state index in [0.717, 1.165) is 11.3 Å². The Bertz CT molecular complexity index is 384. The summed E-state index contributed by atoms with van der Waals surface area (Å²) in [6.07, 6.45) is 1.88. The third-order valence-corrected chi connectivity index (χ3v) is 2.78. The number of hydrogen-bond acceptors (Lipinski definition) is 4. The van der Waals surface area contributed by atoms with Crippen molar-refractivity contribution in [2.24, 2.45) is 5.92 Å². The molecule has 0 radical (unpaired) electrons. The van der Waals surface area contributed by atoms with Crippen molar-refractivity contribution in [1.29, 1.82) is 0 Å². The molecular formula is C10H14N2O3. The van der Waals surface area contributed by atoms with Crippen molar-refractivity contribution in [3.63, 3.8) is 0 Å². The van der Waals surface area contributed by atoms with Crippen LogP contribution in [0.5, 0.6) is 0 Å². The Morgan fingerprint density at radius 3 is 2.93 bits per heavy atom. The Balaban J connectivity index is 2.30. The van der Waals surface area contributed by atoms with Crippen LogP contribution in [0.15, 0.2) is 4.52 Å². The predicted octanol–water partition coefficient (Wildman–Crippen LogP) is 0.930. The highest BCUT2D eigenvalue weighted by molar-refractivity contribution is 5.71. The minimum atomic E-state index is -0.730. The minimum absolute atomic E-state index is 0.296. The Labute approximate surface area is 87.7 Å². The molecule has 0 aliphatic heterocycles. The fraction of sp³-hybridized carbons (Fsp3) is 0.600. The van der Waals surface area contributed by atoms with Gasteiger partial charge in [-0.05, 0) is 19.3 Å². The summed E-state index contributed by atoms with van der Waals surface area (Å²) >= 11 is 0. The van der Waals surface area contributed by atoms with Gasteiger partial charge < -0.3 is 14.5 Å². The first kappa shape index (κ1) is 10.0. The lowest BCUT2D eigenvalue weighted by molar-refractivity contribution is -0.142. The molecule has 0 saturated carbocycles. The predicted molar refractivity (Wildman–Crippen MR) is 54.0 cm³/mol. The van der Waals surface area contributed by atoms with E-state index in [2.05, 4.69) is 5.16 Å². The Morgan fingerprint density at radius 1 is 1.60 bits per heavy atom. The molecule has 0 amide bonds. The summed E-state index contributed by atoms with van der Waals surface area (Å²) in [5.74, 6) is -0.335. The van der Waals surface area contributed by atoms with Crippen LogP contribution in [0.1, 0.15) is 17.7 Å². The van der Waals surface area contributed by atoms with E-state index in [1.807, 2.05) is 19.0 Å². The maximum absolute atomic E-state index is 10.9. The summed E-state index contributed by atoms with van der Waals surface area (Å²) in [4.78, 5) is 12.7. The van der Waals surface area contributed by atoms with Crippen LogP contribution >= 0.6 is 0 Å². The van der Waals surface area contributed by atoms with Gasteiger partial charge in [0.25, 0.3) is 0 Å². The van der Waals surface area contributed by atoms with Crippen LogP contribution in [-0.2, 0) is 17.6 Å². The average Bonchev–Trinajstić information content (AvgIpc) is 2.59. The number of fused-ring (bicyclic) bond motifs is 1. The highest BCUT2D eigenvalue weighted by Gasteiger charge is 2.30. The number of anilines is 1. The number of aryl methyl sites for hydroxylation is 1. The number of rotatable bonds is 2. The van der Waals surface area contributed by atoms with Crippen molar-refractivity contribution in [1.82, 2.24) is 5.16 Å². The van der Waals surface area contributed by atoms with Crippen molar-refractivity contribution in [2.45, 2.75) is 19.3 Å². The van der Waals surface area contributed by atoms with E-state index in [9.17, 15) is 4.79 Å². The second-order valence-corrected chi connectivity index (χ2v) is 4.09. The van der Waals surface area contributed by atoms with Crippen molar-refractivity contribution < 1.29 is 14.4 Å². The fourth-order valence-corrected chi connectivity index (χ4v) is 1.96. The molecule has 1 atom stereocenters. The molecule has 82 valence electrons. The quantitative estimate of drug-likeness (QED) is 0.786. The van der Waals surface area contributed by atoms with Gasteiger partial charge in [-0.2, -0.15) is 0 Å². The third-order valence-electron chi connectivity index (χ3n) is 2.78. The van der Waals surface area contributed by atoms with Crippen molar-refractivity contribution >= 4 is 11.9 Å². The van der Waals surface area contributed by atoms with Gasteiger partial charge >= 0.3 is 5.97 Å². The number of nitrogens with zero attached hydrogens (tertiary/aromatic N) is 2. The molecule has 1 aromatic heterocycles. The second-order valence-electron chi connectivity index (χ2n) is 4.09. The van der Waals surface area contributed by atoms with Crippen LogP contribution in [0.3, 0.4) is 0 Å². The summed E-state index contributed by atoms with van der Waals surface area (Å²) in [6.45, 7) is 0. The van der Waals surface area contributed by atoms with E-state index in [0.29, 0.717) is 25.1 Å². The first-order valence-corrected chi connectivity index (χ1v) is 4.97. The summed E-state index contributed by atoms with van der Waals surface area (Å²) in [6, 6.07) is 0. The van der Waals surface area contributed by atoms with Gasteiger partial charge in [-0.3, -0.25) is 4.79 Å².